The van der Waals surface area contributed by atoms with Crippen LogP contribution in [-0.2, 0) is 4.43 Å². The number of aliphatic hydroxyl groups is 1. The molecule has 1 aliphatic rings. The molecule has 1 N–H and O–H groups in total. The lowest BCUT2D eigenvalue weighted by Crippen LogP contribution is -2.43. The highest BCUT2D eigenvalue weighted by molar-refractivity contribution is 6.74. The van der Waals surface area contributed by atoms with Crippen molar-refractivity contribution in [1.82, 2.24) is 0 Å². The van der Waals surface area contributed by atoms with Crippen molar-refractivity contribution >= 4 is 8.32 Å². The molecule has 1 unspecified atom stereocenters. The van der Waals surface area contributed by atoms with Crippen LogP contribution in [0.2, 0.25) is 18.1 Å². The lowest BCUT2D eigenvalue weighted by atomic mass is 9.98. The molecule has 3 atom stereocenters. The van der Waals surface area contributed by atoms with Gasteiger partial charge in [-0.3, -0.25) is 0 Å². The maximum atomic E-state index is 10.2. The average Bonchev–Trinajstić information content (AvgIpc) is 2.57. The molecule has 114 valence electrons. The Hall–Kier alpha value is 0.137. The zero-order valence-corrected chi connectivity index (χ0v) is 14.8. The van der Waals surface area contributed by atoms with Gasteiger partial charge in [0, 0.05) is 6.10 Å². The summed E-state index contributed by atoms with van der Waals surface area (Å²) in [5.41, 5.74) is 0. The molecule has 0 spiro atoms. The largest absolute Gasteiger partial charge is 0.414 e. The molecule has 0 aromatic carbocycles. The highest BCUT2D eigenvalue weighted by Crippen LogP contribution is 2.41. The second kappa shape index (κ2) is 6.73. The predicted molar refractivity (Wildman–Crippen MR) is 84.9 cm³/mol. The predicted octanol–water partition coefficient (Wildman–Crippen LogP) is 4.73. The normalized spacial score (nSPS) is 28.9. The number of hydrogen-bond acceptors (Lipinski definition) is 2. The van der Waals surface area contributed by atoms with Gasteiger partial charge in [-0.25, -0.2) is 0 Å². The van der Waals surface area contributed by atoms with Crippen molar-refractivity contribution in [3.63, 3.8) is 0 Å². The van der Waals surface area contributed by atoms with E-state index in [1.165, 1.54) is 25.7 Å². The van der Waals surface area contributed by atoms with E-state index in [0.717, 1.165) is 12.8 Å². The summed E-state index contributed by atoms with van der Waals surface area (Å²) < 4.78 is 6.45. The van der Waals surface area contributed by atoms with Gasteiger partial charge < -0.3 is 9.53 Å². The van der Waals surface area contributed by atoms with Gasteiger partial charge in [0.25, 0.3) is 0 Å². The minimum atomic E-state index is -1.68. The first kappa shape index (κ1) is 17.2. The molecule has 0 aromatic heterocycles. The molecule has 19 heavy (non-hydrogen) atoms. The second-order valence-electron chi connectivity index (χ2n) is 7.79. The van der Waals surface area contributed by atoms with Crippen LogP contribution in [-0.4, -0.2) is 25.6 Å². The topological polar surface area (TPSA) is 29.5 Å². The Morgan fingerprint density at radius 2 is 1.79 bits per heavy atom. The minimum absolute atomic E-state index is 0.133. The van der Waals surface area contributed by atoms with E-state index < -0.39 is 8.32 Å². The number of hydrogen-bond donors (Lipinski definition) is 1. The molecule has 1 rings (SSSR count). The fourth-order valence-electron chi connectivity index (χ4n) is 2.71. The molecule has 1 aliphatic carbocycles. The van der Waals surface area contributed by atoms with E-state index in [1.54, 1.807) is 0 Å². The lowest BCUT2D eigenvalue weighted by molar-refractivity contribution is 0.117. The van der Waals surface area contributed by atoms with Gasteiger partial charge in [0.05, 0.1) is 6.10 Å². The van der Waals surface area contributed by atoms with Crippen LogP contribution in [0.3, 0.4) is 0 Å². The third kappa shape index (κ3) is 4.87. The maximum absolute atomic E-state index is 10.2. The van der Waals surface area contributed by atoms with Crippen molar-refractivity contribution < 1.29 is 9.53 Å². The van der Waals surface area contributed by atoms with Crippen LogP contribution < -0.4 is 0 Å². The molecule has 0 aromatic rings. The summed E-state index contributed by atoms with van der Waals surface area (Å²) in [5.74, 6) is 0.473. The Balaban J connectivity index is 2.46. The van der Waals surface area contributed by atoms with E-state index in [1.807, 2.05) is 0 Å². The summed E-state index contributed by atoms with van der Waals surface area (Å²) in [4.78, 5) is 0. The van der Waals surface area contributed by atoms with Crippen molar-refractivity contribution in [2.24, 2.45) is 5.92 Å². The van der Waals surface area contributed by atoms with Crippen LogP contribution in [0, 0.1) is 5.92 Å². The van der Waals surface area contributed by atoms with Crippen molar-refractivity contribution in [3.8, 4) is 0 Å². The van der Waals surface area contributed by atoms with E-state index in [0.29, 0.717) is 12.0 Å². The molecule has 3 heteroatoms. The molecule has 0 radical (unpaired) electrons. The van der Waals surface area contributed by atoms with E-state index in [4.69, 9.17) is 4.43 Å². The fourth-order valence-corrected chi connectivity index (χ4v) is 4.09. The summed E-state index contributed by atoms with van der Waals surface area (Å²) >= 11 is 0. The van der Waals surface area contributed by atoms with Crippen molar-refractivity contribution in [2.75, 3.05) is 0 Å². The van der Waals surface area contributed by atoms with Crippen molar-refractivity contribution in [1.29, 1.82) is 0 Å². The quantitative estimate of drug-likeness (QED) is 0.565. The molecule has 0 aliphatic heterocycles. The molecular formula is C16H34O2Si. The summed E-state index contributed by atoms with van der Waals surface area (Å²) in [5, 5.41) is 10.5. The van der Waals surface area contributed by atoms with Crippen LogP contribution >= 0.6 is 0 Å². The Morgan fingerprint density at radius 3 is 2.32 bits per heavy atom. The van der Waals surface area contributed by atoms with Crippen molar-refractivity contribution in [2.45, 2.75) is 96.6 Å². The average molecular weight is 287 g/mol. The van der Waals surface area contributed by atoms with Gasteiger partial charge in [-0.1, -0.05) is 47.0 Å². The SMILES string of the molecule is CCCCC[C@H]1CC(O[Si](C)(C)C(C)(C)C)C[C@@H]1O. The number of aliphatic hydroxyl groups excluding tert-OH is 1. The molecule has 0 bridgehead atoms. The lowest BCUT2D eigenvalue weighted by Gasteiger charge is -2.38. The zero-order valence-electron chi connectivity index (χ0n) is 13.8. The van der Waals surface area contributed by atoms with E-state index >= 15 is 0 Å². The zero-order chi connectivity index (χ0) is 14.7. The molecular weight excluding hydrogens is 252 g/mol. The standard InChI is InChI=1S/C16H34O2Si/c1-7-8-9-10-13-11-14(12-15(13)17)18-19(5,6)16(2,3)4/h13-15,17H,7-12H2,1-6H3/t13-,14?,15-/m0/s1. The molecule has 0 amide bonds. The van der Waals surface area contributed by atoms with Gasteiger partial charge in [-0.2, -0.15) is 0 Å². The summed E-state index contributed by atoms with van der Waals surface area (Å²) in [6.07, 6.45) is 7.05. The molecule has 0 heterocycles. The number of unbranched alkanes of at least 4 members (excludes halogenated alkanes) is 2. The Bertz CT molecular complexity index is 270. The van der Waals surface area contributed by atoms with E-state index in [-0.39, 0.29) is 11.1 Å². The van der Waals surface area contributed by atoms with Crippen LogP contribution in [0.4, 0.5) is 0 Å². The third-order valence-corrected chi connectivity index (χ3v) is 9.60. The molecule has 0 saturated heterocycles. The monoisotopic (exact) mass is 286 g/mol. The van der Waals surface area contributed by atoms with E-state index in [9.17, 15) is 5.11 Å². The molecule has 1 fully saturated rings. The molecule has 1 saturated carbocycles. The summed E-state index contributed by atoms with van der Waals surface area (Å²) in [7, 11) is -1.68. The van der Waals surface area contributed by atoms with Crippen molar-refractivity contribution in [3.05, 3.63) is 0 Å². The Labute approximate surface area is 121 Å². The summed E-state index contributed by atoms with van der Waals surface area (Å²) in [6.45, 7) is 13.7. The fraction of sp³-hybridized carbons (Fsp3) is 1.00. The summed E-state index contributed by atoms with van der Waals surface area (Å²) in [6, 6.07) is 0. The Kier molecular flexibility index (Phi) is 6.09. The van der Waals surface area contributed by atoms with E-state index in [2.05, 4.69) is 40.8 Å². The van der Waals surface area contributed by atoms with Crippen LogP contribution in [0.25, 0.3) is 0 Å². The smallest absolute Gasteiger partial charge is 0.192 e. The first-order chi connectivity index (χ1) is 8.67. The maximum Gasteiger partial charge on any atom is 0.192 e. The Morgan fingerprint density at radius 1 is 1.16 bits per heavy atom. The van der Waals surface area contributed by atoms with Gasteiger partial charge in [-0.15, -0.1) is 0 Å². The third-order valence-electron chi connectivity index (χ3n) is 5.06. The van der Waals surface area contributed by atoms with Gasteiger partial charge >= 0.3 is 0 Å². The van der Waals surface area contributed by atoms with Crippen LogP contribution in [0.15, 0.2) is 0 Å². The van der Waals surface area contributed by atoms with Gasteiger partial charge in [-0.05, 0) is 43.3 Å². The highest BCUT2D eigenvalue weighted by atomic mass is 28.4. The molecule has 2 nitrogen and oxygen atoms in total. The first-order valence-electron chi connectivity index (χ1n) is 8.03. The second-order valence-corrected chi connectivity index (χ2v) is 12.6. The highest BCUT2D eigenvalue weighted by Gasteiger charge is 2.42. The minimum Gasteiger partial charge on any atom is -0.414 e. The van der Waals surface area contributed by atoms with Gasteiger partial charge in [0.2, 0.25) is 0 Å². The van der Waals surface area contributed by atoms with Crippen LogP contribution in [0.5, 0.6) is 0 Å². The van der Waals surface area contributed by atoms with Crippen LogP contribution in [0.1, 0.15) is 66.2 Å². The van der Waals surface area contributed by atoms with Gasteiger partial charge in [0.1, 0.15) is 0 Å². The van der Waals surface area contributed by atoms with Gasteiger partial charge in [0.15, 0.2) is 8.32 Å². The first-order valence-corrected chi connectivity index (χ1v) is 10.9. The number of rotatable bonds is 6.